The molecule has 2 aliphatic heterocycles. The Bertz CT molecular complexity index is 1090. The fraction of sp³-hybridized carbons (Fsp3) is 0.519. The van der Waals surface area contributed by atoms with Crippen LogP contribution in [0, 0.1) is 11.8 Å². The number of nitrogens with zero attached hydrogens (tertiary/aromatic N) is 2. The van der Waals surface area contributed by atoms with Gasteiger partial charge in [0.1, 0.15) is 5.75 Å². The van der Waals surface area contributed by atoms with Crippen molar-refractivity contribution in [3.05, 3.63) is 54.1 Å². The lowest BCUT2D eigenvalue weighted by Gasteiger charge is -2.32. The molecule has 35 heavy (non-hydrogen) atoms. The maximum absolute atomic E-state index is 13.0. The quantitative estimate of drug-likeness (QED) is 0.617. The summed E-state index contributed by atoms with van der Waals surface area (Å²) < 4.78 is 32.5. The van der Waals surface area contributed by atoms with Crippen LogP contribution in [0.25, 0.3) is 0 Å². The average Bonchev–Trinajstić information content (AvgIpc) is 2.89. The van der Waals surface area contributed by atoms with Crippen molar-refractivity contribution >= 4 is 21.6 Å². The smallest absolute Gasteiger partial charge is 0.243 e. The number of sulfonamides is 1. The summed E-state index contributed by atoms with van der Waals surface area (Å²) in [7, 11) is -2.03. The molecule has 8 heteroatoms. The van der Waals surface area contributed by atoms with E-state index in [4.69, 9.17) is 4.74 Å². The summed E-state index contributed by atoms with van der Waals surface area (Å²) in [5.41, 5.74) is 2.32. The Morgan fingerprint density at radius 1 is 0.943 bits per heavy atom. The lowest BCUT2D eigenvalue weighted by Crippen LogP contribution is -2.43. The SMILES string of the molecule is COc1ccc(S(=O)(=O)N2CCC(C(=O)NC(C)c3ccc(N4CCC(C)CC4)cc3)CC2)cc1. The first kappa shape index (κ1) is 25.5. The fourth-order valence-electron chi connectivity index (χ4n) is 4.91. The number of piperidine rings is 2. The standard InChI is InChI=1S/C27H37N3O4S/c1-20-12-16-29(17-13-20)24-6-4-22(5-7-24)21(2)28-27(31)23-14-18-30(19-15-23)35(32,33)26-10-8-25(34-3)9-11-26/h4-11,20-21,23H,12-19H2,1-3H3,(H,28,31). The molecule has 2 aromatic rings. The highest BCUT2D eigenvalue weighted by Gasteiger charge is 2.32. The number of carbonyl (C=O) groups excluding carboxylic acids is 1. The van der Waals surface area contributed by atoms with Gasteiger partial charge in [0.05, 0.1) is 18.0 Å². The lowest BCUT2D eigenvalue weighted by atomic mass is 9.96. The number of methoxy groups -OCH3 is 1. The molecule has 0 saturated carbocycles. The van der Waals surface area contributed by atoms with Crippen molar-refractivity contribution in [1.29, 1.82) is 0 Å². The molecule has 190 valence electrons. The molecular weight excluding hydrogens is 462 g/mol. The normalized spacial score (nSPS) is 19.3. The molecule has 2 heterocycles. The predicted octanol–water partition coefficient (Wildman–Crippen LogP) is 4.21. The molecule has 2 saturated heterocycles. The number of anilines is 1. The van der Waals surface area contributed by atoms with E-state index >= 15 is 0 Å². The van der Waals surface area contributed by atoms with Crippen LogP contribution in [0.5, 0.6) is 5.75 Å². The van der Waals surface area contributed by atoms with Gasteiger partial charge in [-0.25, -0.2) is 8.42 Å². The first-order valence-corrected chi connectivity index (χ1v) is 14.0. The molecule has 0 spiro atoms. The van der Waals surface area contributed by atoms with Crippen molar-refractivity contribution in [2.45, 2.75) is 50.5 Å². The average molecular weight is 500 g/mol. The van der Waals surface area contributed by atoms with Gasteiger partial charge in [-0.3, -0.25) is 4.79 Å². The molecule has 7 nitrogen and oxygen atoms in total. The first-order valence-electron chi connectivity index (χ1n) is 12.6. The van der Waals surface area contributed by atoms with Crippen molar-refractivity contribution in [3.8, 4) is 5.75 Å². The highest BCUT2D eigenvalue weighted by molar-refractivity contribution is 7.89. The molecular formula is C27H37N3O4S. The highest BCUT2D eigenvalue weighted by Crippen LogP contribution is 2.27. The molecule has 0 bridgehead atoms. The molecule has 1 amide bonds. The van der Waals surface area contributed by atoms with Crippen LogP contribution in [0.3, 0.4) is 0 Å². The maximum Gasteiger partial charge on any atom is 0.243 e. The molecule has 0 aliphatic carbocycles. The van der Waals surface area contributed by atoms with Crippen LogP contribution in [0.1, 0.15) is 51.1 Å². The Kier molecular flexibility index (Phi) is 8.02. The highest BCUT2D eigenvalue weighted by atomic mass is 32.2. The second-order valence-corrected chi connectivity index (χ2v) is 11.8. The predicted molar refractivity (Wildman–Crippen MR) is 138 cm³/mol. The van der Waals surface area contributed by atoms with Crippen molar-refractivity contribution in [3.63, 3.8) is 0 Å². The van der Waals surface area contributed by atoms with E-state index in [9.17, 15) is 13.2 Å². The van der Waals surface area contributed by atoms with Crippen LogP contribution in [-0.4, -0.2) is 51.9 Å². The third-order valence-corrected chi connectivity index (χ3v) is 9.34. The minimum atomic E-state index is -3.58. The number of benzene rings is 2. The van der Waals surface area contributed by atoms with E-state index in [-0.39, 0.29) is 22.8 Å². The van der Waals surface area contributed by atoms with Gasteiger partial charge in [-0.1, -0.05) is 19.1 Å². The minimum Gasteiger partial charge on any atom is -0.497 e. The van der Waals surface area contributed by atoms with E-state index in [2.05, 4.69) is 41.4 Å². The molecule has 1 unspecified atom stereocenters. The Labute approximate surface area is 209 Å². The lowest BCUT2D eigenvalue weighted by molar-refractivity contribution is -0.126. The summed E-state index contributed by atoms with van der Waals surface area (Å²) in [6.07, 6.45) is 3.49. The van der Waals surface area contributed by atoms with Gasteiger partial charge in [-0.2, -0.15) is 4.31 Å². The zero-order valence-electron chi connectivity index (χ0n) is 20.9. The molecule has 4 rings (SSSR count). The summed E-state index contributed by atoms with van der Waals surface area (Å²) in [5, 5.41) is 3.13. The summed E-state index contributed by atoms with van der Waals surface area (Å²) in [6, 6.07) is 14.8. The Morgan fingerprint density at radius 2 is 1.54 bits per heavy atom. The topological polar surface area (TPSA) is 79.0 Å². The van der Waals surface area contributed by atoms with Gasteiger partial charge in [0.2, 0.25) is 15.9 Å². The van der Waals surface area contributed by atoms with Gasteiger partial charge in [-0.15, -0.1) is 0 Å². The number of carbonyl (C=O) groups is 1. The molecule has 0 radical (unpaired) electrons. The van der Waals surface area contributed by atoms with Crippen LogP contribution >= 0.6 is 0 Å². The minimum absolute atomic E-state index is 0.00640. The van der Waals surface area contributed by atoms with Crippen LogP contribution in [-0.2, 0) is 14.8 Å². The third kappa shape index (κ3) is 5.98. The Hall–Kier alpha value is -2.58. The van der Waals surface area contributed by atoms with Crippen molar-refractivity contribution in [2.24, 2.45) is 11.8 Å². The van der Waals surface area contributed by atoms with E-state index < -0.39 is 10.0 Å². The number of ether oxygens (including phenoxy) is 1. The van der Waals surface area contributed by atoms with E-state index in [0.717, 1.165) is 24.6 Å². The molecule has 2 fully saturated rings. The zero-order valence-corrected chi connectivity index (χ0v) is 21.8. The van der Waals surface area contributed by atoms with Crippen molar-refractivity contribution in [1.82, 2.24) is 9.62 Å². The van der Waals surface area contributed by atoms with Gasteiger partial charge < -0.3 is 15.0 Å². The molecule has 1 N–H and O–H groups in total. The van der Waals surface area contributed by atoms with Crippen molar-refractivity contribution in [2.75, 3.05) is 38.2 Å². The first-order chi connectivity index (χ1) is 16.8. The van der Waals surface area contributed by atoms with E-state index in [1.54, 1.807) is 31.4 Å². The van der Waals surface area contributed by atoms with Gasteiger partial charge >= 0.3 is 0 Å². The molecule has 1 atom stereocenters. The van der Waals surface area contributed by atoms with Crippen LogP contribution in [0.2, 0.25) is 0 Å². The summed E-state index contributed by atoms with van der Waals surface area (Å²) >= 11 is 0. The second-order valence-electron chi connectivity index (χ2n) is 9.85. The second kappa shape index (κ2) is 11.0. The Morgan fingerprint density at radius 3 is 2.11 bits per heavy atom. The molecule has 2 aromatic carbocycles. The van der Waals surface area contributed by atoms with Crippen LogP contribution < -0.4 is 15.0 Å². The number of amides is 1. The number of nitrogens with one attached hydrogen (secondary N) is 1. The fourth-order valence-corrected chi connectivity index (χ4v) is 6.38. The maximum atomic E-state index is 13.0. The molecule has 2 aliphatic rings. The van der Waals surface area contributed by atoms with E-state index in [1.165, 1.54) is 22.8 Å². The van der Waals surface area contributed by atoms with Gasteiger partial charge in [0.25, 0.3) is 0 Å². The van der Waals surface area contributed by atoms with E-state index in [1.807, 2.05) is 6.92 Å². The van der Waals surface area contributed by atoms with Crippen molar-refractivity contribution < 1.29 is 17.9 Å². The van der Waals surface area contributed by atoms with E-state index in [0.29, 0.717) is 31.7 Å². The zero-order chi connectivity index (χ0) is 25.0. The Balaban J connectivity index is 1.29. The number of rotatable bonds is 7. The van der Waals surface area contributed by atoms with Crippen LogP contribution in [0.15, 0.2) is 53.4 Å². The number of hydrogen-bond acceptors (Lipinski definition) is 5. The summed E-state index contributed by atoms with van der Waals surface area (Å²) in [5.74, 6) is 1.22. The molecule has 0 aromatic heterocycles. The number of hydrogen-bond donors (Lipinski definition) is 1. The monoisotopic (exact) mass is 499 g/mol. The van der Waals surface area contributed by atoms with Gasteiger partial charge in [0.15, 0.2) is 0 Å². The largest absolute Gasteiger partial charge is 0.497 e. The van der Waals surface area contributed by atoms with Crippen LogP contribution in [0.4, 0.5) is 5.69 Å². The summed E-state index contributed by atoms with van der Waals surface area (Å²) in [6.45, 7) is 7.18. The van der Waals surface area contributed by atoms with Gasteiger partial charge in [0, 0.05) is 37.8 Å². The third-order valence-electron chi connectivity index (χ3n) is 7.42. The van der Waals surface area contributed by atoms with Gasteiger partial charge in [-0.05, 0) is 80.5 Å². The summed E-state index contributed by atoms with van der Waals surface area (Å²) in [4.78, 5) is 15.6.